The lowest BCUT2D eigenvalue weighted by Crippen LogP contribution is -2.48. The van der Waals surface area contributed by atoms with Gasteiger partial charge < -0.3 is 5.32 Å². The molecule has 0 bridgehead atoms. The number of nitrogens with zero attached hydrogens (tertiary/aromatic N) is 1. The predicted molar refractivity (Wildman–Crippen MR) is 86.3 cm³/mol. The van der Waals surface area contributed by atoms with Gasteiger partial charge in [0.05, 0.1) is 10.5 Å². The molecule has 9 heteroatoms. The summed E-state index contributed by atoms with van der Waals surface area (Å²) in [7, 11) is -4.44. The largest absolute Gasteiger partial charge is 0.417 e. The lowest BCUT2D eigenvalue weighted by molar-refractivity contribution is -0.139. The maximum atomic E-state index is 13.2. The molecular weight excluding hydrogens is 357 g/mol. The van der Waals surface area contributed by atoms with E-state index in [0.29, 0.717) is 12.8 Å². The SMILES string of the molecule is CCC(C)NC(=O)C1CCCN1S(=O)(=O)c1ccccc1C(F)(F)F. The van der Waals surface area contributed by atoms with Crippen LogP contribution in [0, 0.1) is 0 Å². The monoisotopic (exact) mass is 378 g/mol. The summed E-state index contributed by atoms with van der Waals surface area (Å²) in [6.07, 6.45) is -3.42. The average molecular weight is 378 g/mol. The molecule has 0 aromatic heterocycles. The summed E-state index contributed by atoms with van der Waals surface area (Å²) in [6.45, 7) is 3.67. The van der Waals surface area contributed by atoms with Crippen LogP contribution < -0.4 is 5.32 Å². The number of sulfonamides is 1. The quantitative estimate of drug-likeness (QED) is 0.857. The predicted octanol–water partition coefficient (Wildman–Crippen LogP) is 2.77. The van der Waals surface area contributed by atoms with Crippen molar-refractivity contribution in [2.75, 3.05) is 6.54 Å². The highest BCUT2D eigenvalue weighted by atomic mass is 32.2. The Hall–Kier alpha value is -1.61. The molecule has 0 spiro atoms. The first-order valence-electron chi connectivity index (χ1n) is 8.07. The highest BCUT2D eigenvalue weighted by Crippen LogP contribution is 2.36. The molecular formula is C16H21F3N2O3S. The van der Waals surface area contributed by atoms with E-state index in [0.717, 1.165) is 22.5 Å². The molecule has 1 aromatic rings. The summed E-state index contributed by atoms with van der Waals surface area (Å²) in [5.41, 5.74) is -1.22. The van der Waals surface area contributed by atoms with E-state index in [1.54, 1.807) is 6.92 Å². The first kappa shape index (κ1) is 19.7. The fraction of sp³-hybridized carbons (Fsp3) is 0.562. The van der Waals surface area contributed by atoms with Gasteiger partial charge in [-0.3, -0.25) is 4.79 Å². The third-order valence-corrected chi connectivity index (χ3v) is 6.25. The van der Waals surface area contributed by atoms with Crippen LogP contribution in [-0.2, 0) is 21.0 Å². The van der Waals surface area contributed by atoms with E-state index in [1.165, 1.54) is 6.07 Å². The van der Waals surface area contributed by atoms with Crippen LogP contribution in [0.3, 0.4) is 0 Å². The molecule has 1 heterocycles. The number of carbonyl (C=O) groups is 1. The number of nitrogens with one attached hydrogen (secondary N) is 1. The van der Waals surface area contributed by atoms with Crippen LogP contribution in [-0.4, -0.2) is 37.3 Å². The van der Waals surface area contributed by atoms with Crippen molar-refractivity contribution in [1.29, 1.82) is 0 Å². The molecule has 1 saturated heterocycles. The van der Waals surface area contributed by atoms with E-state index in [4.69, 9.17) is 0 Å². The maximum Gasteiger partial charge on any atom is 0.417 e. The van der Waals surface area contributed by atoms with Crippen molar-refractivity contribution in [2.45, 2.75) is 56.3 Å². The molecule has 2 rings (SSSR count). The minimum atomic E-state index is -4.79. The second-order valence-corrected chi connectivity index (χ2v) is 7.94. The molecule has 2 atom stereocenters. The van der Waals surface area contributed by atoms with Crippen LogP contribution in [0.15, 0.2) is 29.2 Å². The third kappa shape index (κ3) is 4.14. The number of carbonyl (C=O) groups excluding carboxylic acids is 1. The number of benzene rings is 1. The normalized spacial score (nSPS) is 20.4. The molecule has 1 fully saturated rings. The van der Waals surface area contributed by atoms with Gasteiger partial charge in [-0.05, 0) is 38.3 Å². The minimum Gasteiger partial charge on any atom is -0.352 e. The van der Waals surface area contributed by atoms with Gasteiger partial charge in [0.1, 0.15) is 6.04 Å². The number of hydrogen-bond acceptors (Lipinski definition) is 3. The fourth-order valence-electron chi connectivity index (χ4n) is 2.78. The van der Waals surface area contributed by atoms with Crippen molar-refractivity contribution >= 4 is 15.9 Å². The summed E-state index contributed by atoms with van der Waals surface area (Å²) < 4.78 is 66.1. The van der Waals surface area contributed by atoms with Gasteiger partial charge in [0, 0.05) is 12.6 Å². The molecule has 0 saturated carbocycles. The molecule has 2 unspecified atom stereocenters. The third-order valence-electron chi connectivity index (χ3n) is 4.29. The van der Waals surface area contributed by atoms with Crippen molar-refractivity contribution < 1.29 is 26.4 Å². The summed E-state index contributed by atoms with van der Waals surface area (Å²) in [6, 6.07) is 2.92. The summed E-state index contributed by atoms with van der Waals surface area (Å²) in [5.74, 6) is -0.472. The Morgan fingerprint density at radius 1 is 1.36 bits per heavy atom. The molecule has 1 amide bonds. The molecule has 140 valence electrons. The molecule has 1 N–H and O–H groups in total. The van der Waals surface area contributed by atoms with Crippen LogP contribution in [0.5, 0.6) is 0 Å². The fourth-order valence-corrected chi connectivity index (χ4v) is 4.65. The van der Waals surface area contributed by atoms with E-state index in [2.05, 4.69) is 5.32 Å². The van der Waals surface area contributed by atoms with Crippen LogP contribution in [0.2, 0.25) is 0 Å². The van der Waals surface area contributed by atoms with E-state index >= 15 is 0 Å². The summed E-state index contributed by atoms with van der Waals surface area (Å²) in [5, 5.41) is 2.70. The molecule has 5 nitrogen and oxygen atoms in total. The van der Waals surface area contributed by atoms with Gasteiger partial charge in [0.2, 0.25) is 15.9 Å². The Morgan fingerprint density at radius 3 is 2.60 bits per heavy atom. The molecule has 0 radical (unpaired) electrons. The Balaban J connectivity index is 2.38. The number of halogens is 3. The highest BCUT2D eigenvalue weighted by molar-refractivity contribution is 7.89. The molecule has 25 heavy (non-hydrogen) atoms. The van der Waals surface area contributed by atoms with Gasteiger partial charge in [-0.25, -0.2) is 8.42 Å². The number of hydrogen-bond donors (Lipinski definition) is 1. The first-order chi connectivity index (χ1) is 11.6. The van der Waals surface area contributed by atoms with Crippen LogP contribution >= 0.6 is 0 Å². The van der Waals surface area contributed by atoms with E-state index < -0.39 is 38.6 Å². The summed E-state index contributed by atoms with van der Waals surface area (Å²) >= 11 is 0. The van der Waals surface area contributed by atoms with Gasteiger partial charge in [0.25, 0.3) is 0 Å². The topological polar surface area (TPSA) is 66.5 Å². The Morgan fingerprint density at radius 2 is 2.00 bits per heavy atom. The van der Waals surface area contributed by atoms with Crippen molar-refractivity contribution in [3.63, 3.8) is 0 Å². The van der Waals surface area contributed by atoms with Crippen LogP contribution in [0.1, 0.15) is 38.7 Å². The number of amides is 1. The number of alkyl halides is 3. The van der Waals surface area contributed by atoms with Crippen LogP contribution in [0.4, 0.5) is 13.2 Å². The molecule has 1 aliphatic rings. The standard InChI is InChI=1S/C16H21F3N2O3S/c1-3-11(2)20-15(22)13-8-6-10-21(13)25(23,24)14-9-5-4-7-12(14)16(17,18)19/h4-5,7,9,11,13H,3,6,8,10H2,1-2H3,(H,20,22). The molecule has 1 aliphatic heterocycles. The zero-order valence-electron chi connectivity index (χ0n) is 14.0. The lowest BCUT2D eigenvalue weighted by Gasteiger charge is -2.26. The van der Waals surface area contributed by atoms with Gasteiger partial charge in [-0.15, -0.1) is 0 Å². The zero-order valence-corrected chi connectivity index (χ0v) is 14.8. The maximum absolute atomic E-state index is 13.2. The van der Waals surface area contributed by atoms with Crippen molar-refractivity contribution in [3.8, 4) is 0 Å². The van der Waals surface area contributed by atoms with E-state index in [-0.39, 0.29) is 19.0 Å². The Kier molecular flexibility index (Phi) is 5.78. The molecule has 0 aliphatic carbocycles. The Labute approximate surface area is 145 Å². The van der Waals surface area contributed by atoms with Gasteiger partial charge in [0.15, 0.2) is 0 Å². The first-order valence-corrected chi connectivity index (χ1v) is 9.51. The zero-order chi connectivity index (χ0) is 18.8. The molecule has 1 aromatic carbocycles. The van der Waals surface area contributed by atoms with Crippen molar-refractivity contribution in [3.05, 3.63) is 29.8 Å². The minimum absolute atomic E-state index is 0.0209. The second kappa shape index (κ2) is 7.33. The lowest BCUT2D eigenvalue weighted by atomic mass is 10.2. The number of rotatable bonds is 5. The van der Waals surface area contributed by atoms with E-state index in [1.807, 2.05) is 6.92 Å². The summed E-state index contributed by atoms with van der Waals surface area (Å²) in [4.78, 5) is 11.5. The van der Waals surface area contributed by atoms with Gasteiger partial charge in [-0.1, -0.05) is 19.1 Å². The highest BCUT2D eigenvalue weighted by Gasteiger charge is 2.44. The van der Waals surface area contributed by atoms with Crippen molar-refractivity contribution in [1.82, 2.24) is 9.62 Å². The Bertz CT molecular complexity index is 734. The van der Waals surface area contributed by atoms with Crippen LogP contribution in [0.25, 0.3) is 0 Å². The smallest absolute Gasteiger partial charge is 0.352 e. The second-order valence-electron chi connectivity index (χ2n) is 6.09. The van der Waals surface area contributed by atoms with Gasteiger partial charge in [-0.2, -0.15) is 17.5 Å². The van der Waals surface area contributed by atoms with E-state index in [9.17, 15) is 26.4 Å². The van der Waals surface area contributed by atoms with Crippen molar-refractivity contribution in [2.24, 2.45) is 0 Å². The van der Waals surface area contributed by atoms with Gasteiger partial charge >= 0.3 is 6.18 Å². The average Bonchev–Trinajstić information content (AvgIpc) is 3.04.